The first-order valence-corrected chi connectivity index (χ1v) is 9.45. The summed E-state index contributed by atoms with van der Waals surface area (Å²) in [5.74, 6) is 0.910. The van der Waals surface area contributed by atoms with Crippen LogP contribution >= 0.6 is 11.5 Å². The van der Waals surface area contributed by atoms with Crippen LogP contribution in [0.25, 0.3) is 11.4 Å². The number of hydrogen-bond donors (Lipinski definition) is 1. The quantitative estimate of drug-likeness (QED) is 0.811. The molecule has 1 aromatic heterocycles. The third-order valence-corrected chi connectivity index (χ3v) is 5.19. The molecule has 2 heterocycles. The van der Waals surface area contributed by atoms with E-state index >= 15 is 0 Å². The second kappa shape index (κ2) is 8.75. The number of rotatable bonds is 5. The van der Waals surface area contributed by atoms with E-state index in [0.29, 0.717) is 36.4 Å². The molecule has 7 nitrogen and oxygen atoms in total. The molecule has 2 amide bonds. The molecule has 3 rings (SSSR count). The zero-order valence-corrected chi connectivity index (χ0v) is 15.5. The zero-order chi connectivity index (χ0) is 18.4. The smallest absolute Gasteiger partial charge is 0.323 e. The third kappa shape index (κ3) is 4.78. The van der Waals surface area contributed by atoms with E-state index in [2.05, 4.69) is 19.4 Å². The van der Waals surface area contributed by atoms with Gasteiger partial charge in [-0.25, -0.2) is 4.79 Å². The Kier molecular flexibility index (Phi) is 6.17. The number of urea groups is 1. The Labute approximate surface area is 156 Å². The molecule has 8 heteroatoms. The first-order valence-electron chi connectivity index (χ1n) is 8.67. The van der Waals surface area contributed by atoms with Gasteiger partial charge in [-0.2, -0.15) is 9.36 Å². The maximum atomic E-state index is 12.4. The Morgan fingerprint density at radius 1 is 1.27 bits per heavy atom. The number of piperidine rings is 1. The molecule has 1 saturated heterocycles. The van der Waals surface area contributed by atoms with Crippen LogP contribution in [0.5, 0.6) is 0 Å². The lowest BCUT2D eigenvalue weighted by molar-refractivity contribution is -0.141. The van der Waals surface area contributed by atoms with Crippen molar-refractivity contribution in [1.29, 1.82) is 0 Å². The standard InChI is InChI=1S/C18H22N4O3S/c1-25-15(23)8-7-13-9-11-22(12-10-13)18(24)20-17-19-16(21-26-17)14-5-3-2-4-6-14/h2-6,13H,7-12H2,1H3,(H,19,20,21,24). The molecule has 1 N–H and O–H groups in total. The van der Waals surface area contributed by atoms with Crippen LogP contribution in [0.1, 0.15) is 25.7 Å². The van der Waals surface area contributed by atoms with Gasteiger partial charge >= 0.3 is 12.0 Å². The summed E-state index contributed by atoms with van der Waals surface area (Å²) in [6.07, 6.45) is 3.06. The lowest BCUT2D eigenvalue weighted by Gasteiger charge is -2.31. The van der Waals surface area contributed by atoms with Gasteiger partial charge < -0.3 is 9.64 Å². The van der Waals surface area contributed by atoms with Gasteiger partial charge in [-0.3, -0.25) is 10.1 Å². The van der Waals surface area contributed by atoms with Gasteiger partial charge in [0.25, 0.3) is 0 Å². The van der Waals surface area contributed by atoms with Crippen LogP contribution in [0.15, 0.2) is 30.3 Å². The van der Waals surface area contributed by atoms with E-state index in [1.54, 1.807) is 4.90 Å². The summed E-state index contributed by atoms with van der Waals surface area (Å²) < 4.78 is 8.97. The minimum absolute atomic E-state index is 0.146. The molecule has 0 saturated carbocycles. The summed E-state index contributed by atoms with van der Waals surface area (Å²) >= 11 is 1.18. The van der Waals surface area contributed by atoms with Gasteiger partial charge in [0.15, 0.2) is 5.82 Å². The average Bonchev–Trinajstić information content (AvgIpc) is 3.15. The van der Waals surface area contributed by atoms with Crippen LogP contribution in [0, 0.1) is 5.92 Å². The molecule has 1 fully saturated rings. The van der Waals surface area contributed by atoms with Crippen molar-refractivity contribution in [2.24, 2.45) is 5.92 Å². The summed E-state index contributed by atoms with van der Waals surface area (Å²) in [5.41, 5.74) is 0.927. The number of benzene rings is 1. The van der Waals surface area contributed by atoms with Crippen LogP contribution < -0.4 is 5.32 Å². The topological polar surface area (TPSA) is 84.4 Å². The summed E-state index contributed by atoms with van der Waals surface area (Å²) in [6, 6.07) is 9.53. The number of anilines is 1. The maximum Gasteiger partial charge on any atom is 0.323 e. The number of ether oxygens (including phenoxy) is 1. The van der Waals surface area contributed by atoms with Crippen molar-refractivity contribution in [3.63, 3.8) is 0 Å². The normalized spacial score (nSPS) is 14.9. The minimum Gasteiger partial charge on any atom is -0.469 e. The van der Waals surface area contributed by atoms with Crippen molar-refractivity contribution < 1.29 is 14.3 Å². The van der Waals surface area contributed by atoms with E-state index < -0.39 is 0 Å². The summed E-state index contributed by atoms with van der Waals surface area (Å²) in [6.45, 7) is 1.37. The van der Waals surface area contributed by atoms with E-state index in [1.807, 2.05) is 30.3 Å². The molecule has 138 valence electrons. The Morgan fingerprint density at radius 3 is 2.69 bits per heavy atom. The van der Waals surface area contributed by atoms with Crippen molar-refractivity contribution in [3.05, 3.63) is 30.3 Å². The molecule has 0 bridgehead atoms. The predicted molar refractivity (Wildman–Crippen MR) is 99.9 cm³/mol. The third-order valence-electron chi connectivity index (χ3n) is 4.56. The van der Waals surface area contributed by atoms with E-state index in [0.717, 1.165) is 24.8 Å². The SMILES string of the molecule is COC(=O)CCC1CCN(C(=O)Nc2nc(-c3ccccc3)ns2)CC1. The van der Waals surface area contributed by atoms with Gasteiger partial charge in [-0.1, -0.05) is 30.3 Å². The number of methoxy groups -OCH3 is 1. The molecule has 2 aromatic rings. The molecule has 1 aliphatic heterocycles. The number of carbonyl (C=O) groups is 2. The highest BCUT2D eigenvalue weighted by Gasteiger charge is 2.24. The minimum atomic E-state index is -0.171. The number of amides is 2. The first kappa shape index (κ1) is 18.3. The summed E-state index contributed by atoms with van der Waals surface area (Å²) in [5, 5.41) is 3.34. The van der Waals surface area contributed by atoms with E-state index in [-0.39, 0.29) is 12.0 Å². The number of aromatic nitrogens is 2. The van der Waals surface area contributed by atoms with Gasteiger partial charge in [-0.15, -0.1) is 0 Å². The second-order valence-corrected chi connectivity index (χ2v) is 7.02. The van der Waals surface area contributed by atoms with Crippen molar-refractivity contribution in [2.45, 2.75) is 25.7 Å². The second-order valence-electron chi connectivity index (χ2n) is 6.26. The lowest BCUT2D eigenvalue weighted by Crippen LogP contribution is -2.41. The highest BCUT2D eigenvalue weighted by atomic mass is 32.1. The number of nitrogens with zero attached hydrogens (tertiary/aromatic N) is 3. The maximum absolute atomic E-state index is 12.4. The van der Waals surface area contributed by atoms with Crippen LogP contribution in [0.3, 0.4) is 0 Å². The Balaban J connectivity index is 1.47. The van der Waals surface area contributed by atoms with E-state index in [1.165, 1.54) is 18.6 Å². The van der Waals surface area contributed by atoms with Crippen molar-refractivity contribution >= 4 is 28.7 Å². The average molecular weight is 374 g/mol. The van der Waals surface area contributed by atoms with Crippen molar-refractivity contribution in [2.75, 3.05) is 25.5 Å². The number of esters is 1. The van der Waals surface area contributed by atoms with Crippen LogP contribution in [0.2, 0.25) is 0 Å². The predicted octanol–water partition coefficient (Wildman–Crippen LogP) is 3.40. The Morgan fingerprint density at radius 2 is 2.00 bits per heavy atom. The van der Waals surface area contributed by atoms with Crippen molar-refractivity contribution in [1.82, 2.24) is 14.3 Å². The molecule has 0 radical (unpaired) electrons. The van der Waals surface area contributed by atoms with Gasteiger partial charge in [0, 0.05) is 36.6 Å². The molecule has 1 aliphatic rings. The van der Waals surface area contributed by atoms with Gasteiger partial charge in [0.1, 0.15) is 0 Å². The largest absolute Gasteiger partial charge is 0.469 e. The highest BCUT2D eigenvalue weighted by Crippen LogP contribution is 2.24. The number of carbonyl (C=O) groups excluding carboxylic acids is 2. The Bertz CT molecular complexity index is 742. The number of hydrogen-bond acceptors (Lipinski definition) is 6. The molecule has 26 heavy (non-hydrogen) atoms. The van der Waals surface area contributed by atoms with Crippen LogP contribution in [0.4, 0.5) is 9.93 Å². The fourth-order valence-corrected chi connectivity index (χ4v) is 3.58. The first-order chi connectivity index (χ1) is 12.7. The van der Waals surface area contributed by atoms with Gasteiger partial charge in [-0.05, 0) is 25.2 Å². The fourth-order valence-electron chi connectivity index (χ4n) is 3.00. The van der Waals surface area contributed by atoms with E-state index in [9.17, 15) is 9.59 Å². The number of likely N-dealkylation sites (tertiary alicyclic amines) is 1. The van der Waals surface area contributed by atoms with Crippen LogP contribution in [-0.2, 0) is 9.53 Å². The molecule has 0 spiro atoms. The van der Waals surface area contributed by atoms with E-state index in [4.69, 9.17) is 0 Å². The fraction of sp³-hybridized carbons (Fsp3) is 0.444. The van der Waals surface area contributed by atoms with Crippen LogP contribution in [-0.4, -0.2) is 46.5 Å². The zero-order valence-electron chi connectivity index (χ0n) is 14.7. The van der Waals surface area contributed by atoms with Gasteiger partial charge in [0.05, 0.1) is 7.11 Å². The summed E-state index contributed by atoms with van der Waals surface area (Å²) in [4.78, 5) is 29.8. The summed E-state index contributed by atoms with van der Waals surface area (Å²) in [7, 11) is 1.41. The van der Waals surface area contributed by atoms with Crippen molar-refractivity contribution in [3.8, 4) is 11.4 Å². The lowest BCUT2D eigenvalue weighted by atomic mass is 9.92. The monoisotopic (exact) mass is 374 g/mol. The Hall–Kier alpha value is -2.48. The molecule has 0 atom stereocenters. The molecule has 0 unspecified atom stereocenters. The number of nitrogens with one attached hydrogen (secondary N) is 1. The highest BCUT2D eigenvalue weighted by molar-refractivity contribution is 7.10. The van der Waals surface area contributed by atoms with Gasteiger partial charge in [0.2, 0.25) is 5.13 Å². The molecular weight excluding hydrogens is 352 g/mol. The molecular formula is C18H22N4O3S. The molecule has 1 aromatic carbocycles. The molecule has 0 aliphatic carbocycles.